The van der Waals surface area contributed by atoms with E-state index in [-0.39, 0.29) is 6.04 Å². The molecule has 1 aliphatic rings. The summed E-state index contributed by atoms with van der Waals surface area (Å²) in [6, 6.07) is 15.8. The minimum Gasteiger partial charge on any atom is -0.497 e. The van der Waals surface area contributed by atoms with E-state index in [9.17, 15) is 0 Å². The zero-order chi connectivity index (χ0) is 17.2. The molecule has 0 aliphatic carbocycles. The lowest BCUT2D eigenvalue weighted by molar-refractivity contribution is 0.412. The standard InChI is InChI=1S/C18H17N5O2/c1-24-14-8-6-12(7-9-14)16-11-17(23-18(19-16)20-21-22-23)13-4-3-5-15(10-13)25-2/h3-10,17H,11H2,1-2H3. The van der Waals surface area contributed by atoms with Gasteiger partial charge in [0.05, 0.1) is 26.0 Å². The molecule has 0 fully saturated rings. The molecule has 7 heteroatoms. The van der Waals surface area contributed by atoms with E-state index in [0.717, 1.165) is 28.3 Å². The summed E-state index contributed by atoms with van der Waals surface area (Å²) in [5, 5.41) is 11.9. The van der Waals surface area contributed by atoms with Crippen LogP contribution in [0.1, 0.15) is 23.6 Å². The number of rotatable bonds is 4. The molecule has 0 saturated heterocycles. The molecule has 7 nitrogen and oxygen atoms in total. The third-order valence-corrected chi connectivity index (χ3v) is 4.29. The van der Waals surface area contributed by atoms with Crippen LogP contribution in [-0.2, 0) is 0 Å². The van der Waals surface area contributed by atoms with Crippen LogP contribution in [0.2, 0.25) is 0 Å². The van der Waals surface area contributed by atoms with Crippen LogP contribution in [0, 0.1) is 0 Å². The van der Waals surface area contributed by atoms with Crippen LogP contribution in [0.3, 0.4) is 0 Å². The first-order chi connectivity index (χ1) is 12.3. The van der Waals surface area contributed by atoms with Crippen molar-refractivity contribution in [2.75, 3.05) is 14.2 Å². The van der Waals surface area contributed by atoms with Gasteiger partial charge in [-0.05, 0) is 58.0 Å². The quantitative estimate of drug-likeness (QED) is 0.733. The Morgan fingerprint density at radius 2 is 1.80 bits per heavy atom. The summed E-state index contributed by atoms with van der Waals surface area (Å²) in [6.45, 7) is 0. The second kappa shape index (κ2) is 6.35. The number of hydrogen-bond donors (Lipinski definition) is 0. The summed E-state index contributed by atoms with van der Waals surface area (Å²) in [4.78, 5) is 4.62. The maximum absolute atomic E-state index is 5.35. The number of fused-ring (bicyclic) bond motifs is 1. The molecule has 2 aromatic carbocycles. The van der Waals surface area contributed by atoms with Gasteiger partial charge in [0.1, 0.15) is 11.5 Å². The van der Waals surface area contributed by atoms with Crippen molar-refractivity contribution in [2.24, 2.45) is 4.99 Å². The van der Waals surface area contributed by atoms with Crippen LogP contribution >= 0.6 is 0 Å². The second-order valence-corrected chi connectivity index (χ2v) is 5.71. The predicted octanol–water partition coefficient (Wildman–Crippen LogP) is 2.80. The Bertz CT molecular complexity index is 917. The highest BCUT2D eigenvalue weighted by molar-refractivity contribution is 6.02. The van der Waals surface area contributed by atoms with Crippen LogP contribution in [0.5, 0.6) is 11.5 Å². The lowest BCUT2D eigenvalue weighted by Gasteiger charge is -2.23. The largest absolute Gasteiger partial charge is 0.497 e. The lowest BCUT2D eigenvalue weighted by atomic mass is 9.96. The van der Waals surface area contributed by atoms with Crippen molar-refractivity contribution in [2.45, 2.75) is 12.5 Å². The van der Waals surface area contributed by atoms with Gasteiger partial charge in [0, 0.05) is 6.42 Å². The van der Waals surface area contributed by atoms with Crippen molar-refractivity contribution in [3.63, 3.8) is 0 Å². The molecule has 2 heterocycles. The van der Waals surface area contributed by atoms with Crippen molar-refractivity contribution in [3.05, 3.63) is 59.7 Å². The fourth-order valence-corrected chi connectivity index (χ4v) is 2.97. The smallest absolute Gasteiger partial charge is 0.269 e. The van der Waals surface area contributed by atoms with Gasteiger partial charge in [-0.15, -0.1) is 0 Å². The molecule has 0 bridgehead atoms. The first-order valence-corrected chi connectivity index (χ1v) is 7.92. The Balaban J connectivity index is 1.74. The van der Waals surface area contributed by atoms with Gasteiger partial charge in [0.25, 0.3) is 5.95 Å². The first-order valence-electron chi connectivity index (χ1n) is 7.92. The number of nitrogens with zero attached hydrogens (tertiary/aromatic N) is 5. The molecule has 126 valence electrons. The van der Waals surface area contributed by atoms with Crippen LogP contribution in [-0.4, -0.2) is 40.1 Å². The van der Waals surface area contributed by atoms with Crippen molar-refractivity contribution in [3.8, 4) is 11.5 Å². The van der Waals surface area contributed by atoms with Gasteiger partial charge in [0.2, 0.25) is 0 Å². The van der Waals surface area contributed by atoms with Crippen LogP contribution in [0.15, 0.2) is 53.5 Å². The number of ether oxygens (including phenoxy) is 2. The highest BCUT2D eigenvalue weighted by Gasteiger charge is 2.27. The van der Waals surface area contributed by atoms with Crippen LogP contribution < -0.4 is 9.47 Å². The molecular formula is C18H17N5O2. The summed E-state index contributed by atoms with van der Waals surface area (Å²) >= 11 is 0. The fraction of sp³-hybridized carbons (Fsp3) is 0.222. The molecule has 0 radical (unpaired) electrons. The molecule has 0 saturated carbocycles. The molecule has 1 unspecified atom stereocenters. The van der Waals surface area contributed by atoms with Crippen molar-refractivity contribution < 1.29 is 9.47 Å². The Hall–Kier alpha value is -3.22. The van der Waals surface area contributed by atoms with Gasteiger partial charge in [0.15, 0.2) is 0 Å². The Labute approximate surface area is 144 Å². The highest BCUT2D eigenvalue weighted by atomic mass is 16.5. The molecule has 1 aliphatic heterocycles. The van der Waals surface area contributed by atoms with Crippen LogP contribution in [0.25, 0.3) is 0 Å². The summed E-state index contributed by atoms with van der Waals surface area (Å²) in [7, 11) is 3.31. The number of hydrogen-bond acceptors (Lipinski definition) is 6. The molecule has 0 N–H and O–H groups in total. The summed E-state index contributed by atoms with van der Waals surface area (Å²) in [5.41, 5.74) is 3.05. The van der Waals surface area contributed by atoms with Crippen molar-refractivity contribution >= 4 is 11.7 Å². The van der Waals surface area contributed by atoms with Gasteiger partial charge in [-0.25, -0.2) is 9.67 Å². The van der Waals surface area contributed by atoms with Gasteiger partial charge in [-0.1, -0.05) is 17.2 Å². The van der Waals surface area contributed by atoms with E-state index in [1.807, 2.05) is 42.5 Å². The topological polar surface area (TPSA) is 74.4 Å². The minimum absolute atomic E-state index is 0.0327. The van der Waals surface area contributed by atoms with E-state index in [0.29, 0.717) is 12.4 Å². The maximum atomic E-state index is 5.35. The number of benzene rings is 2. The molecular weight excluding hydrogens is 318 g/mol. The van der Waals surface area contributed by atoms with Gasteiger partial charge in [-0.3, -0.25) is 0 Å². The molecule has 4 rings (SSSR count). The minimum atomic E-state index is -0.0327. The molecule has 0 amide bonds. The third kappa shape index (κ3) is 2.84. The zero-order valence-corrected chi connectivity index (χ0v) is 14.0. The van der Waals surface area contributed by atoms with E-state index >= 15 is 0 Å². The Kier molecular flexibility index (Phi) is 3.89. The Morgan fingerprint density at radius 1 is 1.00 bits per heavy atom. The van der Waals surface area contributed by atoms with E-state index in [1.54, 1.807) is 18.9 Å². The van der Waals surface area contributed by atoms with E-state index < -0.39 is 0 Å². The van der Waals surface area contributed by atoms with Crippen LogP contribution in [0.4, 0.5) is 5.95 Å². The first kappa shape index (κ1) is 15.3. The van der Waals surface area contributed by atoms with Crippen molar-refractivity contribution in [1.82, 2.24) is 20.2 Å². The highest BCUT2D eigenvalue weighted by Crippen LogP contribution is 2.33. The lowest BCUT2D eigenvalue weighted by Crippen LogP contribution is -2.21. The summed E-state index contributed by atoms with van der Waals surface area (Å²) in [6.07, 6.45) is 0.692. The normalized spacial score (nSPS) is 16.1. The maximum Gasteiger partial charge on any atom is 0.269 e. The number of methoxy groups -OCH3 is 2. The average molecular weight is 335 g/mol. The number of aromatic nitrogens is 4. The summed E-state index contributed by atoms with van der Waals surface area (Å²) < 4.78 is 12.3. The predicted molar refractivity (Wildman–Crippen MR) is 92.8 cm³/mol. The van der Waals surface area contributed by atoms with E-state index in [1.165, 1.54) is 0 Å². The van der Waals surface area contributed by atoms with Gasteiger partial charge >= 0.3 is 0 Å². The zero-order valence-electron chi connectivity index (χ0n) is 14.0. The number of tetrazole rings is 1. The number of aliphatic imine (C=N–C) groups is 1. The third-order valence-electron chi connectivity index (χ3n) is 4.29. The average Bonchev–Trinajstić information content (AvgIpc) is 3.16. The van der Waals surface area contributed by atoms with E-state index in [4.69, 9.17) is 9.47 Å². The molecule has 25 heavy (non-hydrogen) atoms. The molecule has 1 atom stereocenters. The second-order valence-electron chi connectivity index (χ2n) is 5.71. The van der Waals surface area contributed by atoms with Gasteiger partial charge in [-0.2, -0.15) is 0 Å². The van der Waals surface area contributed by atoms with Gasteiger partial charge < -0.3 is 9.47 Å². The molecule has 1 aromatic heterocycles. The van der Waals surface area contributed by atoms with Crippen molar-refractivity contribution in [1.29, 1.82) is 0 Å². The van der Waals surface area contributed by atoms with E-state index in [2.05, 4.69) is 26.6 Å². The molecule has 3 aromatic rings. The SMILES string of the molecule is COc1ccc(C2=Nc3nnnn3C(c3cccc(OC)c3)C2)cc1. The monoisotopic (exact) mass is 335 g/mol. The summed E-state index contributed by atoms with van der Waals surface area (Å²) in [5.74, 6) is 2.12. The fourth-order valence-electron chi connectivity index (χ4n) is 2.97. The molecule has 0 spiro atoms. The Morgan fingerprint density at radius 3 is 2.56 bits per heavy atom.